The van der Waals surface area contributed by atoms with Gasteiger partial charge < -0.3 is 14.5 Å². The van der Waals surface area contributed by atoms with Gasteiger partial charge >= 0.3 is 0 Å². The quantitative estimate of drug-likeness (QED) is 0.334. The highest BCUT2D eigenvalue weighted by Gasteiger charge is 2.28. The third kappa shape index (κ3) is 5.63. The molecule has 0 aliphatic rings. The molecule has 0 unspecified atom stereocenters. The van der Waals surface area contributed by atoms with Crippen molar-refractivity contribution in [3.63, 3.8) is 0 Å². The number of aryl methyl sites for hydroxylation is 2. The third-order valence-corrected chi connectivity index (χ3v) is 7.35. The lowest BCUT2D eigenvalue weighted by Gasteiger charge is -2.25. The Morgan fingerprint density at radius 2 is 1.63 bits per heavy atom. The minimum absolute atomic E-state index is 0.0806. The van der Waals surface area contributed by atoms with Crippen LogP contribution in [-0.4, -0.2) is 25.7 Å². The Kier molecular flexibility index (Phi) is 7.36. The SMILES string of the molecule is CCc1ccccc1N(Cc1nnc(CNc2ccc(OC)cc2)o1)S(=O)(=O)c1ccc(C)cc1. The first kappa shape index (κ1) is 24.3. The Morgan fingerprint density at radius 1 is 0.943 bits per heavy atom. The Hall–Kier alpha value is -3.85. The van der Waals surface area contributed by atoms with E-state index in [-0.39, 0.29) is 17.3 Å². The number of para-hydroxylation sites is 1. The Bertz CT molecular complexity index is 1370. The second kappa shape index (κ2) is 10.6. The van der Waals surface area contributed by atoms with Crippen molar-refractivity contribution in [3.05, 3.63) is 95.7 Å². The molecule has 0 bridgehead atoms. The van der Waals surface area contributed by atoms with E-state index >= 15 is 0 Å². The molecule has 0 radical (unpaired) electrons. The van der Waals surface area contributed by atoms with E-state index in [1.807, 2.05) is 56.3 Å². The molecule has 9 heteroatoms. The molecule has 0 atom stereocenters. The maximum Gasteiger partial charge on any atom is 0.264 e. The number of nitrogens with zero attached hydrogens (tertiary/aromatic N) is 3. The van der Waals surface area contributed by atoms with Crippen LogP contribution in [0, 0.1) is 6.92 Å². The summed E-state index contributed by atoms with van der Waals surface area (Å²) in [6.07, 6.45) is 0.678. The molecule has 8 nitrogen and oxygen atoms in total. The molecule has 0 saturated carbocycles. The number of anilines is 2. The number of aromatic nitrogens is 2. The monoisotopic (exact) mass is 492 g/mol. The predicted octanol–water partition coefficient (Wildman–Crippen LogP) is 4.96. The summed E-state index contributed by atoms with van der Waals surface area (Å²) in [5.41, 5.74) is 3.34. The van der Waals surface area contributed by atoms with Gasteiger partial charge in [0.05, 0.1) is 24.2 Å². The summed E-state index contributed by atoms with van der Waals surface area (Å²) < 4.78 is 39.7. The molecular weight excluding hydrogens is 464 g/mol. The molecule has 0 fully saturated rings. The summed E-state index contributed by atoms with van der Waals surface area (Å²) >= 11 is 0. The van der Waals surface area contributed by atoms with Gasteiger partial charge in [0.25, 0.3) is 10.0 Å². The zero-order valence-electron chi connectivity index (χ0n) is 19.9. The standard InChI is InChI=1S/C26H28N4O4S/c1-4-20-7-5-6-8-24(20)30(35(31,32)23-15-9-19(2)10-16-23)18-26-29-28-25(34-26)17-27-21-11-13-22(33-3)14-12-21/h5-16,27H,4,17-18H2,1-3H3. The number of methoxy groups -OCH3 is 1. The Labute approximate surface area is 205 Å². The lowest BCUT2D eigenvalue weighted by atomic mass is 10.1. The first-order valence-electron chi connectivity index (χ1n) is 11.3. The van der Waals surface area contributed by atoms with Gasteiger partial charge in [0, 0.05) is 5.69 Å². The van der Waals surface area contributed by atoms with Crippen molar-refractivity contribution in [2.45, 2.75) is 38.3 Å². The summed E-state index contributed by atoms with van der Waals surface area (Å²) in [6, 6.07) is 21.7. The average molecular weight is 493 g/mol. The van der Waals surface area contributed by atoms with Crippen molar-refractivity contribution in [3.8, 4) is 5.75 Å². The minimum atomic E-state index is -3.88. The van der Waals surface area contributed by atoms with E-state index in [1.165, 1.54) is 4.31 Å². The largest absolute Gasteiger partial charge is 0.497 e. The first-order valence-corrected chi connectivity index (χ1v) is 12.7. The van der Waals surface area contributed by atoms with Gasteiger partial charge in [-0.2, -0.15) is 0 Å². The average Bonchev–Trinajstić information content (AvgIpc) is 3.34. The van der Waals surface area contributed by atoms with Gasteiger partial charge in [-0.15, -0.1) is 10.2 Å². The summed E-state index contributed by atoms with van der Waals surface area (Å²) in [4.78, 5) is 0.204. The van der Waals surface area contributed by atoms with Gasteiger partial charge in [-0.1, -0.05) is 42.8 Å². The summed E-state index contributed by atoms with van der Waals surface area (Å²) in [6.45, 7) is 4.13. The normalized spacial score (nSPS) is 11.3. The van der Waals surface area contributed by atoms with Crippen molar-refractivity contribution in [2.24, 2.45) is 0 Å². The second-order valence-electron chi connectivity index (χ2n) is 7.98. The van der Waals surface area contributed by atoms with Crippen molar-refractivity contribution in [1.29, 1.82) is 0 Å². The molecule has 4 rings (SSSR count). The molecule has 1 aromatic heterocycles. The maximum atomic E-state index is 13.7. The van der Waals surface area contributed by atoms with Gasteiger partial charge in [-0.05, 0) is 61.4 Å². The molecule has 0 spiro atoms. The number of ether oxygens (including phenoxy) is 1. The third-order valence-electron chi connectivity index (χ3n) is 5.57. The molecule has 0 amide bonds. The van der Waals surface area contributed by atoms with Crippen LogP contribution < -0.4 is 14.4 Å². The van der Waals surface area contributed by atoms with E-state index in [1.54, 1.807) is 37.4 Å². The van der Waals surface area contributed by atoms with Crippen LogP contribution in [0.3, 0.4) is 0 Å². The predicted molar refractivity (Wildman–Crippen MR) is 135 cm³/mol. The Morgan fingerprint density at radius 3 is 2.31 bits per heavy atom. The van der Waals surface area contributed by atoms with E-state index in [2.05, 4.69) is 15.5 Å². The van der Waals surface area contributed by atoms with Crippen LogP contribution in [0.25, 0.3) is 0 Å². The van der Waals surface area contributed by atoms with Crippen LogP contribution in [0.5, 0.6) is 5.75 Å². The molecule has 3 aromatic carbocycles. The fraction of sp³-hybridized carbons (Fsp3) is 0.231. The minimum Gasteiger partial charge on any atom is -0.497 e. The molecule has 182 valence electrons. The van der Waals surface area contributed by atoms with Crippen molar-refractivity contribution in [1.82, 2.24) is 10.2 Å². The van der Waals surface area contributed by atoms with E-state index in [0.717, 1.165) is 22.6 Å². The van der Waals surface area contributed by atoms with Crippen molar-refractivity contribution in [2.75, 3.05) is 16.7 Å². The van der Waals surface area contributed by atoms with E-state index in [0.29, 0.717) is 24.5 Å². The van der Waals surface area contributed by atoms with Crippen molar-refractivity contribution < 1.29 is 17.6 Å². The summed E-state index contributed by atoms with van der Waals surface area (Å²) in [5.74, 6) is 1.32. The zero-order chi connectivity index (χ0) is 24.8. The molecule has 0 aliphatic heterocycles. The topological polar surface area (TPSA) is 97.6 Å². The molecule has 1 N–H and O–H groups in total. The molecular formula is C26H28N4O4S. The molecule has 1 heterocycles. The molecule has 0 saturated heterocycles. The first-order chi connectivity index (χ1) is 16.9. The fourth-order valence-electron chi connectivity index (χ4n) is 3.62. The van der Waals surface area contributed by atoms with E-state index in [9.17, 15) is 8.42 Å². The van der Waals surface area contributed by atoms with E-state index < -0.39 is 10.0 Å². The molecule has 35 heavy (non-hydrogen) atoms. The number of benzene rings is 3. The van der Waals surface area contributed by atoms with Crippen LogP contribution in [0.15, 0.2) is 82.1 Å². The van der Waals surface area contributed by atoms with Gasteiger partial charge in [0.2, 0.25) is 11.8 Å². The number of rotatable bonds is 10. The lowest BCUT2D eigenvalue weighted by molar-refractivity contribution is 0.415. The number of nitrogens with one attached hydrogen (secondary N) is 1. The van der Waals surface area contributed by atoms with Crippen molar-refractivity contribution >= 4 is 21.4 Å². The highest BCUT2D eigenvalue weighted by Crippen LogP contribution is 2.29. The number of hydrogen-bond acceptors (Lipinski definition) is 7. The second-order valence-corrected chi connectivity index (χ2v) is 9.84. The molecule has 4 aromatic rings. The fourth-order valence-corrected chi connectivity index (χ4v) is 5.08. The van der Waals surface area contributed by atoms with Crippen LogP contribution in [0.1, 0.15) is 29.8 Å². The van der Waals surface area contributed by atoms with Gasteiger partial charge in [0.15, 0.2) is 0 Å². The van der Waals surface area contributed by atoms with Gasteiger partial charge in [0.1, 0.15) is 12.3 Å². The van der Waals surface area contributed by atoms with E-state index in [4.69, 9.17) is 9.15 Å². The highest BCUT2D eigenvalue weighted by molar-refractivity contribution is 7.92. The van der Waals surface area contributed by atoms with Crippen LogP contribution in [-0.2, 0) is 29.5 Å². The lowest BCUT2D eigenvalue weighted by Crippen LogP contribution is -2.31. The number of hydrogen-bond donors (Lipinski definition) is 1. The molecule has 0 aliphatic carbocycles. The Balaban J connectivity index is 1.59. The van der Waals surface area contributed by atoms with Crippen LogP contribution >= 0.6 is 0 Å². The van der Waals surface area contributed by atoms with Gasteiger partial charge in [-0.25, -0.2) is 8.42 Å². The zero-order valence-corrected chi connectivity index (χ0v) is 20.7. The van der Waals surface area contributed by atoms with Gasteiger partial charge in [-0.3, -0.25) is 4.31 Å². The summed E-state index contributed by atoms with van der Waals surface area (Å²) in [5, 5.41) is 11.4. The smallest absolute Gasteiger partial charge is 0.264 e. The summed E-state index contributed by atoms with van der Waals surface area (Å²) in [7, 11) is -2.26. The van der Waals surface area contributed by atoms with Crippen LogP contribution in [0.2, 0.25) is 0 Å². The van der Waals surface area contributed by atoms with Crippen LogP contribution in [0.4, 0.5) is 11.4 Å². The number of sulfonamides is 1. The highest BCUT2D eigenvalue weighted by atomic mass is 32.2. The maximum absolute atomic E-state index is 13.7.